The Morgan fingerprint density at radius 1 is 1.19 bits per heavy atom. The maximum atomic E-state index is 12.6. The van der Waals surface area contributed by atoms with Crippen molar-refractivity contribution in [3.8, 4) is 0 Å². The van der Waals surface area contributed by atoms with Gasteiger partial charge in [-0.1, -0.05) is 6.07 Å². The monoisotopic (exact) mass is 305 g/mol. The number of H-pyrrole nitrogens is 1. The third kappa shape index (κ3) is 2.10. The maximum Gasteiger partial charge on any atom is 0.270 e. The third-order valence-electron chi connectivity index (χ3n) is 2.78. The molecule has 0 unspecified atom stereocenters. The number of rotatable bonds is 3. The number of nitrogens with one attached hydrogen (secondary N) is 1. The molecule has 106 valence electrons. The molecule has 9 nitrogen and oxygen atoms in total. The SMILES string of the molecule is O=[N+]([O-])c1cccc(S(=O)(=O)c2ncnc3nc[nH]c23)c1. The van der Waals surface area contributed by atoms with Crippen molar-refractivity contribution >= 4 is 26.7 Å². The first kappa shape index (κ1) is 13.1. The number of imidazole rings is 1. The van der Waals surface area contributed by atoms with Crippen molar-refractivity contribution in [2.45, 2.75) is 9.92 Å². The molecule has 0 radical (unpaired) electrons. The van der Waals surface area contributed by atoms with Crippen LogP contribution >= 0.6 is 0 Å². The lowest BCUT2D eigenvalue weighted by atomic mass is 10.3. The van der Waals surface area contributed by atoms with Crippen LogP contribution in [0.15, 0.2) is 46.8 Å². The van der Waals surface area contributed by atoms with E-state index in [0.717, 1.165) is 12.4 Å². The van der Waals surface area contributed by atoms with Gasteiger partial charge in [-0.05, 0) is 6.07 Å². The van der Waals surface area contributed by atoms with Crippen molar-refractivity contribution in [3.05, 3.63) is 47.0 Å². The quantitative estimate of drug-likeness (QED) is 0.435. The predicted molar refractivity (Wildman–Crippen MR) is 70.2 cm³/mol. The van der Waals surface area contributed by atoms with Crippen molar-refractivity contribution in [2.75, 3.05) is 0 Å². The van der Waals surface area contributed by atoms with E-state index in [9.17, 15) is 18.5 Å². The molecule has 2 heterocycles. The van der Waals surface area contributed by atoms with Crippen LogP contribution in [-0.2, 0) is 9.84 Å². The molecule has 0 saturated carbocycles. The molecule has 3 rings (SSSR count). The van der Waals surface area contributed by atoms with Crippen LogP contribution in [0.25, 0.3) is 11.2 Å². The van der Waals surface area contributed by atoms with E-state index >= 15 is 0 Å². The van der Waals surface area contributed by atoms with Gasteiger partial charge in [-0.25, -0.2) is 23.4 Å². The van der Waals surface area contributed by atoms with Crippen LogP contribution in [-0.4, -0.2) is 33.3 Å². The number of nitro benzene ring substituents is 1. The zero-order valence-corrected chi connectivity index (χ0v) is 11.1. The summed E-state index contributed by atoms with van der Waals surface area (Å²) in [5.74, 6) is 0. The minimum atomic E-state index is -4.02. The van der Waals surface area contributed by atoms with Gasteiger partial charge in [0.05, 0.1) is 16.1 Å². The molecule has 21 heavy (non-hydrogen) atoms. The molecule has 1 aromatic carbocycles. The van der Waals surface area contributed by atoms with Crippen molar-refractivity contribution < 1.29 is 13.3 Å². The summed E-state index contributed by atoms with van der Waals surface area (Å²) in [6.07, 6.45) is 2.37. The van der Waals surface area contributed by atoms with Crippen molar-refractivity contribution in [1.82, 2.24) is 19.9 Å². The number of non-ortho nitro benzene ring substituents is 1. The number of fused-ring (bicyclic) bond motifs is 1. The molecule has 3 aromatic rings. The van der Waals surface area contributed by atoms with Gasteiger partial charge < -0.3 is 4.98 Å². The molecule has 0 atom stereocenters. The average Bonchev–Trinajstić information content (AvgIpc) is 2.95. The summed E-state index contributed by atoms with van der Waals surface area (Å²) < 4.78 is 25.1. The summed E-state index contributed by atoms with van der Waals surface area (Å²) in [6, 6.07) is 4.77. The van der Waals surface area contributed by atoms with Gasteiger partial charge in [-0.15, -0.1) is 0 Å². The van der Waals surface area contributed by atoms with Crippen molar-refractivity contribution in [1.29, 1.82) is 0 Å². The van der Waals surface area contributed by atoms with Gasteiger partial charge >= 0.3 is 0 Å². The van der Waals surface area contributed by atoms with Gasteiger partial charge in [0, 0.05) is 12.1 Å². The fraction of sp³-hybridized carbons (Fsp3) is 0. The second-order valence-electron chi connectivity index (χ2n) is 4.04. The van der Waals surface area contributed by atoms with Crippen LogP contribution in [0, 0.1) is 10.1 Å². The van der Waals surface area contributed by atoms with Crippen LogP contribution in [0.4, 0.5) is 5.69 Å². The van der Waals surface area contributed by atoms with Gasteiger partial charge in [0.1, 0.15) is 11.8 Å². The Kier molecular flexibility index (Phi) is 2.87. The standard InChI is InChI=1S/C11H7N5O4S/c17-16(18)7-2-1-3-8(4-7)21(19,20)11-9-10(13-5-12-9)14-6-15-11/h1-6H,(H,12,13,14,15). The molecule has 0 aliphatic carbocycles. The molecule has 0 fully saturated rings. The van der Waals surface area contributed by atoms with Crippen LogP contribution in [0.5, 0.6) is 0 Å². The van der Waals surface area contributed by atoms with E-state index in [0.29, 0.717) is 0 Å². The molecule has 0 spiro atoms. The van der Waals surface area contributed by atoms with Gasteiger partial charge in [-0.3, -0.25) is 10.1 Å². The molecule has 1 N–H and O–H groups in total. The minimum Gasteiger partial charge on any atom is -0.341 e. The molecule has 0 amide bonds. The van der Waals surface area contributed by atoms with Crippen LogP contribution in [0.2, 0.25) is 0 Å². The lowest BCUT2D eigenvalue weighted by Gasteiger charge is -2.04. The van der Waals surface area contributed by atoms with Crippen molar-refractivity contribution in [2.24, 2.45) is 0 Å². The predicted octanol–water partition coefficient (Wildman–Crippen LogP) is 1.09. The van der Waals surface area contributed by atoms with E-state index in [1.54, 1.807) is 0 Å². The molecule has 0 aliphatic heterocycles. The minimum absolute atomic E-state index is 0.156. The van der Waals surface area contributed by atoms with Crippen LogP contribution < -0.4 is 0 Å². The number of nitro groups is 1. The number of hydrogen-bond donors (Lipinski definition) is 1. The molecular weight excluding hydrogens is 298 g/mol. The van der Waals surface area contributed by atoms with Crippen molar-refractivity contribution in [3.63, 3.8) is 0 Å². The van der Waals surface area contributed by atoms with E-state index in [-0.39, 0.29) is 26.8 Å². The Morgan fingerprint density at radius 3 is 2.76 bits per heavy atom. The molecule has 10 heteroatoms. The molecular formula is C11H7N5O4S. The normalized spacial score (nSPS) is 11.6. The van der Waals surface area contributed by atoms with Gasteiger partial charge in [0.15, 0.2) is 10.7 Å². The average molecular weight is 305 g/mol. The van der Waals surface area contributed by atoms with E-state index in [4.69, 9.17) is 0 Å². The van der Waals surface area contributed by atoms with E-state index in [1.165, 1.54) is 24.5 Å². The smallest absolute Gasteiger partial charge is 0.270 e. The maximum absolute atomic E-state index is 12.6. The summed E-state index contributed by atoms with van der Waals surface area (Å²) in [4.78, 5) is 24.0. The highest BCUT2D eigenvalue weighted by atomic mass is 32.2. The van der Waals surface area contributed by atoms with E-state index in [2.05, 4.69) is 19.9 Å². The summed E-state index contributed by atoms with van der Waals surface area (Å²) in [5.41, 5.74) is 0.0454. The van der Waals surface area contributed by atoms with Gasteiger partial charge in [0.2, 0.25) is 9.84 Å². The highest BCUT2D eigenvalue weighted by Gasteiger charge is 2.25. The van der Waals surface area contributed by atoms with Crippen LogP contribution in [0.1, 0.15) is 0 Å². The zero-order chi connectivity index (χ0) is 15.0. The number of hydrogen-bond acceptors (Lipinski definition) is 7. The Hall–Kier alpha value is -2.88. The largest absolute Gasteiger partial charge is 0.341 e. The lowest BCUT2D eigenvalue weighted by Crippen LogP contribution is -2.06. The molecule has 0 aliphatic rings. The summed E-state index contributed by atoms with van der Waals surface area (Å²) in [6.45, 7) is 0. The number of benzene rings is 1. The Balaban J connectivity index is 2.23. The number of sulfone groups is 1. The first-order valence-electron chi connectivity index (χ1n) is 5.64. The highest BCUT2D eigenvalue weighted by molar-refractivity contribution is 7.91. The fourth-order valence-electron chi connectivity index (χ4n) is 1.82. The molecule has 0 bridgehead atoms. The first-order chi connectivity index (χ1) is 10.00. The third-order valence-corrected chi connectivity index (χ3v) is 4.47. The second-order valence-corrected chi connectivity index (χ2v) is 5.90. The van der Waals surface area contributed by atoms with Gasteiger partial charge in [0.25, 0.3) is 5.69 Å². The summed E-state index contributed by atoms with van der Waals surface area (Å²) in [5, 5.41) is 10.5. The lowest BCUT2D eigenvalue weighted by molar-refractivity contribution is -0.385. The topological polar surface area (TPSA) is 132 Å². The van der Waals surface area contributed by atoms with E-state index in [1.807, 2.05) is 0 Å². The molecule has 0 saturated heterocycles. The Labute approximate surface area is 117 Å². The first-order valence-corrected chi connectivity index (χ1v) is 7.12. The molecule has 2 aromatic heterocycles. The second kappa shape index (κ2) is 4.59. The highest BCUT2D eigenvalue weighted by Crippen LogP contribution is 2.25. The Bertz CT molecular complexity index is 950. The zero-order valence-electron chi connectivity index (χ0n) is 10.3. The number of aromatic amines is 1. The number of nitrogens with zero attached hydrogens (tertiary/aromatic N) is 4. The Morgan fingerprint density at radius 2 is 2.00 bits per heavy atom. The van der Waals surface area contributed by atoms with Gasteiger partial charge in [-0.2, -0.15) is 0 Å². The van der Waals surface area contributed by atoms with Crippen LogP contribution in [0.3, 0.4) is 0 Å². The summed E-state index contributed by atoms with van der Waals surface area (Å²) in [7, 11) is -4.02. The van der Waals surface area contributed by atoms with E-state index < -0.39 is 14.8 Å². The summed E-state index contributed by atoms with van der Waals surface area (Å²) >= 11 is 0. The fourth-order valence-corrected chi connectivity index (χ4v) is 3.18. The number of aromatic nitrogens is 4.